The lowest BCUT2D eigenvalue weighted by molar-refractivity contribution is -0.113. The van der Waals surface area contributed by atoms with E-state index in [2.05, 4.69) is 5.32 Å². The van der Waals surface area contributed by atoms with Crippen molar-refractivity contribution >= 4 is 23.2 Å². The number of halogens is 4. The van der Waals surface area contributed by atoms with Gasteiger partial charge >= 0.3 is 0 Å². The summed E-state index contributed by atoms with van der Waals surface area (Å²) in [5.74, 6) is -5.28. The van der Waals surface area contributed by atoms with Gasteiger partial charge in [-0.1, -0.05) is 0 Å². The summed E-state index contributed by atoms with van der Waals surface area (Å²) < 4.78 is 37.6. The highest BCUT2D eigenvalue weighted by Gasteiger charge is 2.11. The van der Waals surface area contributed by atoms with Crippen LogP contribution in [0, 0.1) is 17.5 Å². The second-order valence-corrected chi connectivity index (χ2v) is 2.70. The molecule has 0 saturated carbocycles. The van der Waals surface area contributed by atoms with Crippen LogP contribution in [0.25, 0.3) is 0 Å². The van der Waals surface area contributed by atoms with Crippen molar-refractivity contribution < 1.29 is 18.0 Å². The highest BCUT2D eigenvalue weighted by molar-refractivity contribution is 6.29. The Labute approximate surface area is 82.7 Å². The molecule has 0 aliphatic carbocycles. The molecule has 6 heteroatoms. The Morgan fingerprint density at radius 2 is 1.79 bits per heavy atom. The molecule has 0 unspecified atom stereocenters. The Kier molecular flexibility index (Phi) is 3.35. The van der Waals surface area contributed by atoms with Gasteiger partial charge in [-0.15, -0.1) is 11.6 Å². The smallest absolute Gasteiger partial charge is 0.239 e. The molecule has 0 atom stereocenters. The van der Waals surface area contributed by atoms with E-state index in [0.717, 1.165) is 0 Å². The third-order valence-corrected chi connectivity index (χ3v) is 1.63. The van der Waals surface area contributed by atoms with Crippen LogP contribution in [0.4, 0.5) is 18.9 Å². The molecule has 76 valence electrons. The monoisotopic (exact) mass is 223 g/mol. The maximum atomic E-state index is 12.6. The molecule has 2 nitrogen and oxygen atoms in total. The number of carbonyl (C=O) groups excluding carboxylic acids is 1. The molecule has 0 spiro atoms. The van der Waals surface area contributed by atoms with Crippen LogP contribution in [-0.4, -0.2) is 11.8 Å². The third kappa shape index (κ3) is 2.38. The number of carbonyl (C=O) groups is 1. The lowest BCUT2D eigenvalue weighted by Gasteiger charge is -2.03. The quantitative estimate of drug-likeness (QED) is 0.605. The first-order valence-electron chi connectivity index (χ1n) is 3.55. The van der Waals surface area contributed by atoms with Crippen molar-refractivity contribution in [1.29, 1.82) is 0 Å². The lowest BCUT2D eigenvalue weighted by atomic mass is 10.3. The van der Waals surface area contributed by atoms with Crippen molar-refractivity contribution in [2.75, 3.05) is 11.2 Å². The summed E-state index contributed by atoms with van der Waals surface area (Å²) in [6.45, 7) is 0. The fraction of sp³-hybridized carbons (Fsp3) is 0.125. The molecule has 1 rings (SSSR count). The Balaban J connectivity index is 2.95. The van der Waals surface area contributed by atoms with Gasteiger partial charge in [0, 0.05) is 17.8 Å². The summed E-state index contributed by atoms with van der Waals surface area (Å²) in [4.78, 5) is 10.7. The van der Waals surface area contributed by atoms with Gasteiger partial charge in [-0.2, -0.15) is 0 Å². The van der Waals surface area contributed by atoms with Crippen LogP contribution in [0.5, 0.6) is 0 Å². The summed E-state index contributed by atoms with van der Waals surface area (Å²) in [6, 6.07) is 1.34. The Bertz CT molecular complexity index is 347. The Hall–Kier alpha value is -1.23. The van der Waals surface area contributed by atoms with E-state index in [0.29, 0.717) is 12.1 Å². The number of rotatable bonds is 2. The summed E-state index contributed by atoms with van der Waals surface area (Å²) in [5, 5.41) is 2.08. The van der Waals surface area contributed by atoms with Crippen LogP contribution in [0.15, 0.2) is 12.1 Å². The minimum Gasteiger partial charge on any atom is -0.325 e. The fourth-order valence-corrected chi connectivity index (χ4v) is 0.889. The van der Waals surface area contributed by atoms with E-state index in [1.807, 2.05) is 0 Å². The number of benzene rings is 1. The molecule has 0 bridgehead atoms. The molecule has 0 aromatic heterocycles. The van der Waals surface area contributed by atoms with E-state index in [-0.39, 0.29) is 11.6 Å². The van der Waals surface area contributed by atoms with E-state index in [1.54, 1.807) is 0 Å². The SMILES string of the molecule is O=C(CCl)Nc1cc(F)c(F)c(F)c1. The molecule has 1 N–H and O–H groups in total. The standard InChI is InChI=1S/C8H5ClF3NO/c9-3-7(14)13-4-1-5(10)8(12)6(11)2-4/h1-2H,3H2,(H,13,14). The molecule has 0 radical (unpaired) electrons. The first kappa shape index (κ1) is 10.8. The highest BCUT2D eigenvalue weighted by Crippen LogP contribution is 2.17. The molecular weight excluding hydrogens is 219 g/mol. The van der Waals surface area contributed by atoms with Gasteiger partial charge in [0.15, 0.2) is 17.5 Å². The average molecular weight is 224 g/mol. The number of hydrogen-bond donors (Lipinski definition) is 1. The van der Waals surface area contributed by atoms with Crippen LogP contribution in [0.3, 0.4) is 0 Å². The topological polar surface area (TPSA) is 29.1 Å². The number of hydrogen-bond acceptors (Lipinski definition) is 1. The first-order valence-corrected chi connectivity index (χ1v) is 4.08. The van der Waals surface area contributed by atoms with Crippen molar-refractivity contribution in [1.82, 2.24) is 0 Å². The summed E-state index contributed by atoms with van der Waals surface area (Å²) in [5.41, 5.74) is -0.174. The van der Waals surface area contributed by atoms with Gasteiger partial charge in [0.25, 0.3) is 0 Å². The first-order chi connectivity index (χ1) is 6.54. The largest absolute Gasteiger partial charge is 0.325 e. The molecule has 0 aliphatic rings. The minimum absolute atomic E-state index is 0.174. The van der Waals surface area contributed by atoms with E-state index in [4.69, 9.17) is 11.6 Å². The van der Waals surface area contributed by atoms with E-state index in [9.17, 15) is 18.0 Å². The number of anilines is 1. The minimum atomic E-state index is -1.58. The zero-order chi connectivity index (χ0) is 10.7. The van der Waals surface area contributed by atoms with Gasteiger partial charge in [-0.05, 0) is 0 Å². The molecule has 0 aliphatic heterocycles. The third-order valence-electron chi connectivity index (χ3n) is 1.39. The summed E-state index contributed by atoms with van der Waals surface area (Å²) >= 11 is 5.14. The second kappa shape index (κ2) is 4.32. The van der Waals surface area contributed by atoms with Crippen molar-refractivity contribution in [2.24, 2.45) is 0 Å². The summed E-state index contributed by atoms with van der Waals surface area (Å²) in [6.07, 6.45) is 0. The fourth-order valence-electron chi connectivity index (χ4n) is 0.822. The predicted molar refractivity (Wildman–Crippen MR) is 45.7 cm³/mol. The molecule has 0 fully saturated rings. The maximum Gasteiger partial charge on any atom is 0.239 e. The Morgan fingerprint density at radius 3 is 2.21 bits per heavy atom. The zero-order valence-electron chi connectivity index (χ0n) is 6.78. The second-order valence-electron chi connectivity index (χ2n) is 2.44. The normalized spacial score (nSPS) is 10.0. The van der Waals surface area contributed by atoms with Crippen LogP contribution < -0.4 is 5.32 Å². The van der Waals surface area contributed by atoms with Gasteiger partial charge in [-0.3, -0.25) is 4.79 Å². The molecule has 0 heterocycles. The average Bonchev–Trinajstić information content (AvgIpc) is 2.14. The van der Waals surface area contributed by atoms with Crippen molar-refractivity contribution in [3.8, 4) is 0 Å². The Morgan fingerprint density at radius 1 is 1.29 bits per heavy atom. The van der Waals surface area contributed by atoms with Gasteiger partial charge in [0.05, 0.1) is 0 Å². The van der Waals surface area contributed by atoms with Crippen LogP contribution in [0.2, 0.25) is 0 Å². The van der Waals surface area contributed by atoms with Gasteiger partial charge in [0.1, 0.15) is 5.88 Å². The van der Waals surface area contributed by atoms with Crippen molar-refractivity contribution in [3.63, 3.8) is 0 Å². The van der Waals surface area contributed by atoms with Crippen LogP contribution in [0.1, 0.15) is 0 Å². The van der Waals surface area contributed by atoms with E-state index < -0.39 is 23.4 Å². The van der Waals surface area contributed by atoms with Crippen molar-refractivity contribution in [3.05, 3.63) is 29.6 Å². The van der Waals surface area contributed by atoms with Gasteiger partial charge < -0.3 is 5.32 Å². The molecular formula is C8H5ClF3NO. The number of alkyl halides is 1. The predicted octanol–water partition coefficient (Wildman–Crippen LogP) is 2.28. The van der Waals surface area contributed by atoms with E-state index >= 15 is 0 Å². The zero-order valence-corrected chi connectivity index (χ0v) is 7.54. The summed E-state index contributed by atoms with van der Waals surface area (Å²) in [7, 11) is 0. The highest BCUT2D eigenvalue weighted by atomic mass is 35.5. The van der Waals surface area contributed by atoms with Crippen LogP contribution >= 0.6 is 11.6 Å². The lowest BCUT2D eigenvalue weighted by Crippen LogP contribution is -2.13. The molecule has 1 aromatic carbocycles. The molecule has 14 heavy (non-hydrogen) atoms. The molecule has 0 saturated heterocycles. The van der Waals surface area contributed by atoms with Gasteiger partial charge in [-0.25, -0.2) is 13.2 Å². The van der Waals surface area contributed by atoms with Crippen LogP contribution in [-0.2, 0) is 4.79 Å². The number of amides is 1. The van der Waals surface area contributed by atoms with Gasteiger partial charge in [0.2, 0.25) is 5.91 Å². The van der Waals surface area contributed by atoms with E-state index in [1.165, 1.54) is 0 Å². The maximum absolute atomic E-state index is 12.6. The number of nitrogens with one attached hydrogen (secondary N) is 1. The van der Waals surface area contributed by atoms with Crippen molar-refractivity contribution in [2.45, 2.75) is 0 Å². The molecule has 1 aromatic rings. The molecule has 1 amide bonds.